The Bertz CT molecular complexity index is 667. The predicted molar refractivity (Wildman–Crippen MR) is 80.1 cm³/mol. The van der Waals surface area contributed by atoms with Gasteiger partial charge in [-0.15, -0.1) is 0 Å². The summed E-state index contributed by atoms with van der Waals surface area (Å²) in [7, 11) is 1.57. The van der Waals surface area contributed by atoms with Crippen molar-refractivity contribution >= 4 is 23.1 Å². The summed E-state index contributed by atoms with van der Waals surface area (Å²) >= 11 is 6.13. The first-order valence-electron chi connectivity index (χ1n) is 6.54. The van der Waals surface area contributed by atoms with Crippen LogP contribution in [0.25, 0.3) is 5.57 Å². The second kappa shape index (κ2) is 5.33. The molecule has 5 nitrogen and oxygen atoms in total. The second-order valence-electron chi connectivity index (χ2n) is 4.86. The number of amides is 1. The third-order valence-corrected chi connectivity index (χ3v) is 3.74. The largest absolute Gasteiger partial charge is 0.491 e. The Morgan fingerprint density at radius 1 is 1.48 bits per heavy atom. The van der Waals surface area contributed by atoms with E-state index in [-0.39, 0.29) is 5.91 Å². The van der Waals surface area contributed by atoms with Crippen LogP contribution in [-0.2, 0) is 4.79 Å². The van der Waals surface area contributed by atoms with Gasteiger partial charge in [0.25, 0.3) is 0 Å². The average molecular weight is 307 g/mol. The van der Waals surface area contributed by atoms with E-state index in [4.69, 9.17) is 21.1 Å². The van der Waals surface area contributed by atoms with Crippen LogP contribution in [0.4, 0.5) is 0 Å². The van der Waals surface area contributed by atoms with Crippen molar-refractivity contribution in [2.75, 3.05) is 20.3 Å². The molecule has 6 heteroatoms. The third-order valence-electron chi connectivity index (χ3n) is 3.44. The normalized spacial score (nSPS) is 16.0. The quantitative estimate of drug-likeness (QED) is 0.911. The maximum Gasteiger partial charge on any atom is 0.235 e. The fourth-order valence-corrected chi connectivity index (χ4v) is 2.76. The molecule has 110 valence electrons. The molecule has 2 aliphatic rings. The molecule has 2 aliphatic heterocycles. The molecule has 0 unspecified atom stereocenters. The Morgan fingerprint density at radius 2 is 2.29 bits per heavy atom. The number of carbonyl (C=O) groups excluding carboxylic acids is 1. The number of hydrazine groups is 1. The lowest BCUT2D eigenvalue weighted by molar-refractivity contribution is -0.122. The maximum absolute atomic E-state index is 11.2. The molecule has 1 N–H and O–H groups in total. The zero-order valence-electron chi connectivity index (χ0n) is 11.8. The van der Waals surface area contributed by atoms with Gasteiger partial charge in [-0.1, -0.05) is 11.6 Å². The van der Waals surface area contributed by atoms with E-state index in [1.54, 1.807) is 18.2 Å². The summed E-state index contributed by atoms with van der Waals surface area (Å²) in [6.07, 6.45) is 3.78. The van der Waals surface area contributed by atoms with Gasteiger partial charge in [-0.3, -0.25) is 15.2 Å². The highest BCUT2D eigenvalue weighted by Gasteiger charge is 2.26. The molecule has 0 radical (unpaired) electrons. The number of nitrogens with zero attached hydrogens (tertiary/aromatic N) is 1. The molecule has 0 bridgehead atoms. The van der Waals surface area contributed by atoms with Gasteiger partial charge in [0.05, 0.1) is 18.7 Å². The van der Waals surface area contributed by atoms with Gasteiger partial charge in [0, 0.05) is 18.7 Å². The monoisotopic (exact) mass is 306 g/mol. The third kappa shape index (κ3) is 2.45. The topological polar surface area (TPSA) is 50.8 Å². The molecule has 0 atom stereocenters. The number of fused-ring (bicyclic) bond motifs is 2. The first-order valence-corrected chi connectivity index (χ1v) is 6.91. The zero-order valence-corrected chi connectivity index (χ0v) is 12.5. The van der Waals surface area contributed by atoms with Gasteiger partial charge in [-0.2, -0.15) is 0 Å². The summed E-state index contributed by atoms with van der Waals surface area (Å²) in [5.41, 5.74) is 5.89. The molecule has 2 heterocycles. The van der Waals surface area contributed by atoms with Gasteiger partial charge in [-0.05, 0) is 29.4 Å². The Labute approximate surface area is 127 Å². The Balaban J connectivity index is 2.00. The number of hydrogen-bond donors (Lipinski definition) is 1. The van der Waals surface area contributed by atoms with Crippen molar-refractivity contribution in [3.05, 3.63) is 40.6 Å². The molecule has 21 heavy (non-hydrogen) atoms. The first-order chi connectivity index (χ1) is 10.1. The van der Waals surface area contributed by atoms with Gasteiger partial charge < -0.3 is 9.47 Å². The van der Waals surface area contributed by atoms with Crippen LogP contribution in [0.1, 0.15) is 12.5 Å². The number of rotatable bonds is 2. The Hall–Kier alpha value is -2.14. The van der Waals surface area contributed by atoms with Gasteiger partial charge in [0.15, 0.2) is 11.5 Å². The molecule has 0 spiro atoms. The van der Waals surface area contributed by atoms with Crippen molar-refractivity contribution < 1.29 is 14.3 Å². The van der Waals surface area contributed by atoms with Crippen LogP contribution in [0.5, 0.6) is 11.5 Å². The molecule has 0 saturated heterocycles. The van der Waals surface area contributed by atoms with Crippen LogP contribution in [-0.4, -0.2) is 31.2 Å². The van der Waals surface area contributed by atoms with Crippen LogP contribution in [0.3, 0.4) is 0 Å². The van der Waals surface area contributed by atoms with Crippen LogP contribution < -0.4 is 14.9 Å². The van der Waals surface area contributed by atoms with Crippen LogP contribution in [0.2, 0.25) is 5.02 Å². The summed E-state index contributed by atoms with van der Waals surface area (Å²) in [4.78, 5) is 11.2. The molecule has 1 amide bonds. The Morgan fingerprint density at radius 3 is 3.00 bits per heavy atom. The van der Waals surface area contributed by atoms with Crippen molar-refractivity contribution in [1.82, 2.24) is 10.4 Å². The minimum Gasteiger partial charge on any atom is -0.491 e. The van der Waals surface area contributed by atoms with E-state index in [1.165, 1.54) is 6.92 Å². The molecule has 0 saturated carbocycles. The number of carbonyl (C=O) groups is 1. The van der Waals surface area contributed by atoms with E-state index in [1.807, 2.05) is 18.3 Å². The van der Waals surface area contributed by atoms with Crippen LogP contribution in [0, 0.1) is 0 Å². The number of hydrogen-bond acceptors (Lipinski definition) is 4. The SMILES string of the molecule is COc1c(Cl)ccc2c1OCC1=C2CN(NC(C)=O)C=C1. The minimum atomic E-state index is -0.107. The van der Waals surface area contributed by atoms with Gasteiger partial charge in [-0.25, -0.2) is 0 Å². The lowest BCUT2D eigenvalue weighted by Crippen LogP contribution is -2.40. The van der Waals surface area contributed by atoms with Gasteiger partial charge in [0.1, 0.15) is 6.61 Å². The summed E-state index contributed by atoms with van der Waals surface area (Å²) in [6.45, 7) is 2.52. The average Bonchev–Trinajstić information content (AvgIpc) is 2.46. The Kier molecular flexibility index (Phi) is 3.51. The number of ether oxygens (including phenoxy) is 2. The molecule has 1 aromatic rings. The van der Waals surface area contributed by atoms with Gasteiger partial charge >= 0.3 is 0 Å². The molecule has 0 fully saturated rings. The lowest BCUT2D eigenvalue weighted by atomic mass is 9.95. The molecule has 0 aromatic heterocycles. The van der Waals surface area contributed by atoms with Crippen molar-refractivity contribution in [2.24, 2.45) is 0 Å². The summed E-state index contributed by atoms with van der Waals surface area (Å²) < 4.78 is 11.1. The van der Waals surface area contributed by atoms with Crippen LogP contribution in [0.15, 0.2) is 30.0 Å². The maximum atomic E-state index is 11.2. The molecule has 1 aromatic carbocycles. The summed E-state index contributed by atoms with van der Waals surface area (Å²) in [5, 5.41) is 2.27. The van der Waals surface area contributed by atoms with E-state index in [2.05, 4.69) is 5.43 Å². The highest BCUT2D eigenvalue weighted by molar-refractivity contribution is 6.32. The number of nitrogens with one attached hydrogen (secondary N) is 1. The zero-order chi connectivity index (χ0) is 15.0. The number of methoxy groups -OCH3 is 1. The number of benzene rings is 1. The highest BCUT2D eigenvalue weighted by Crippen LogP contribution is 2.44. The van der Waals surface area contributed by atoms with Crippen molar-refractivity contribution in [3.63, 3.8) is 0 Å². The smallest absolute Gasteiger partial charge is 0.235 e. The van der Waals surface area contributed by atoms with Gasteiger partial charge in [0.2, 0.25) is 5.91 Å². The van der Waals surface area contributed by atoms with Crippen molar-refractivity contribution in [1.29, 1.82) is 0 Å². The fourth-order valence-electron chi connectivity index (χ4n) is 2.54. The van der Waals surface area contributed by atoms with Crippen LogP contribution >= 0.6 is 11.6 Å². The summed E-state index contributed by atoms with van der Waals surface area (Å²) in [6, 6.07) is 3.71. The van der Waals surface area contributed by atoms with E-state index in [0.717, 1.165) is 16.7 Å². The fraction of sp³-hybridized carbons (Fsp3) is 0.267. The van der Waals surface area contributed by atoms with E-state index in [9.17, 15) is 4.79 Å². The lowest BCUT2D eigenvalue weighted by Gasteiger charge is -2.31. The van der Waals surface area contributed by atoms with Crippen molar-refractivity contribution in [2.45, 2.75) is 6.92 Å². The molecule has 3 rings (SSSR count). The molecular formula is C15H15ClN2O3. The molecule has 0 aliphatic carbocycles. The highest BCUT2D eigenvalue weighted by atomic mass is 35.5. The van der Waals surface area contributed by atoms with E-state index >= 15 is 0 Å². The summed E-state index contributed by atoms with van der Waals surface area (Å²) in [5.74, 6) is 1.09. The predicted octanol–water partition coefficient (Wildman–Crippen LogP) is 2.38. The van der Waals surface area contributed by atoms with Crippen molar-refractivity contribution in [3.8, 4) is 11.5 Å². The van der Waals surface area contributed by atoms with E-state index < -0.39 is 0 Å². The molecular weight excluding hydrogens is 292 g/mol. The van der Waals surface area contributed by atoms with E-state index in [0.29, 0.717) is 29.7 Å². The first kappa shape index (κ1) is 13.8. The standard InChI is InChI=1S/C15H15ClN2O3/c1-9(19)17-18-6-5-10-8-21-14-11(12(10)7-18)3-4-13(16)15(14)20-2/h3-6H,7-8H2,1-2H3,(H,17,19). The minimum absolute atomic E-state index is 0.107. The number of halogens is 1. The second-order valence-corrected chi connectivity index (χ2v) is 5.27.